The quantitative estimate of drug-likeness (QED) is 0.753. The highest BCUT2D eigenvalue weighted by atomic mass is 32.2. The Morgan fingerprint density at radius 3 is 2.48 bits per heavy atom. The number of likely N-dealkylation sites (N-methyl/N-ethyl adjacent to an activating group) is 1. The second-order valence-corrected chi connectivity index (χ2v) is 10.4. The number of carbonyl (C=O) groups is 2. The Kier molecular flexibility index (Phi) is 6.71. The number of carbonyl (C=O) groups excluding carboxylic acids is 2. The first-order chi connectivity index (χ1) is 13.8. The van der Waals surface area contributed by atoms with E-state index in [1.54, 1.807) is 22.4 Å². The number of benzene rings is 1. The zero-order chi connectivity index (χ0) is 21.0. The van der Waals surface area contributed by atoms with E-state index in [2.05, 4.69) is 5.32 Å². The number of hydrogen-bond acceptors (Lipinski definition) is 5. The lowest BCUT2D eigenvalue weighted by atomic mass is 10.0. The van der Waals surface area contributed by atoms with Gasteiger partial charge in [-0.25, -0.2) is 8.42 Å². The van der Waals surface area contributed by atoms with E-state index >= 15 is 0 Å². The molecule has 1 N–H and O–H groups in total. The number of hydrogen-bond donors (Lipinski definition) is 1. The van der Waals surface area contributed by atoms with Crippen LogP contribution < -0.4 is 5.32 Å². The van der Waals surface area contributed by atoms with Crippen molar-refractivity contribution in [3.63, 3.8) is 0 Å². The summed E-state index contributed by atoms with van der Waals surface area (Å²) >= 11 is 1.13. The van der Waals surface area contributed by atoms with Gasteiger partial charge in [-0.15, -0.1) is 11.3 Å². The standard InChI is InChI=1S/C20H25N3O4S2/c1-15-6-3-4-7-17(15)20(25)21-16-9-11-23(12-10-16)18(24)14-22(2)29(26,27)19-8-5-13-28-19/h3-8,13,16H,9-12,14H2,1-2H3,(H,21,25). The van der Waals surface area contributed by atoms with Gasteiger partial charge >= 0.3 is 0 Å². The Hall–Kier alpha value is -2.23. The molecule has 0 bridgehead atoms. The van der Waals surface area contributed by atoms with Gasteiger partial charge < -0.3 is 10.2 Å². The molecular formula is C20H25N3O4S2. The predicted octanol–water partition coefficient (Wildman–Crippen LogP) is 2.10. The third kappa shape index (κ3) is 5.04. The molecule has 1 saturated heterocycles. The van der Waals surface area contributed by atoms with Gasteiger partial charge in [0.15, 0.2) is 0 Å². The highest BCUT2D eigenvalue weighted by Crippen LogP contribution is 2.20. The van der Waals surface area contributed by atoms with Crippen molar-refractivity contribution in [3.8, 4) is 0 Å². The van der Waals surface area contributed by atoms with Crippen LogP contribution in [0.15, 0.2) is 46.0 Å². The highest BCUT2D eigenvalue weighted by molar-refractivity contribution is 7.91. The minimum atomic E-state index is -3.64. The van der Waals surface area contributed by atoms with Crippen molar-refractivity contribution in [3.05, 3.63) is 52.9 Å². The average Bonchev–Trinajstić information content (AvgIpc) is 3.24. The first kappa shape index (κ1) is 21.5. The monoisotopic (exact) mass is 435 g/mol. The molecule has 1 aromatic carbocycles. The van der Waals surface area contributed by atoms with Crippen molar-refractivity contribution in [1.29, 1.82) is 0 Å². The van der Waals surface area contributed by atoms with E-state index in [0.29, 0.717) is 31.5 Å². The van der Waals surface area contributed by atoms with Crippen LogP contribution in [-0.2, 0) is 14.8 Å². The molecule has 0 saturated carbocycles. The first-order valence-corrected chi connectivity index (χ1v) is 11.7. The molecule has 1 fully saturated rings. The lowest BCUT2D eigenvalue weighted by molar-refractivity contribution is -0.132. The molecule has 9 heteroatoms. The largest absolute Gasteiger partial charge is 0.349 e. The smallest absolute Gasteiger partial charge is 0.252 e. The molecule has 1 aliphatic rings. The molecule has 3 rings (SSSR count). The Bertz CT molecular complexity index is 965. The summed E-state index contributed by atoms with van der Waals surface area (Å²) < 4.78 is 26.2. The van der Waals surface area contributed by atoms with Crippen LogP contribution in [0, 0.1) is 6.92 Å². The van der Waals surface area contributed by atoms with E-state index < -0.39 is 10.0 Å². The molecule has 0 unspecified atom stereocenters. The van der Waals surface area contributed by atoms with Gasteiger partial charge in [-0.05, 0) is 42.8 Å². The summed E-state index contributed by atoms with van der Waals surface area (Å²) in [4.78, 5) is 26.7. The molecule has 2 aromatic rings. The first-order valence-electron chi connectivity index (χ1n) is 9.43. The van der Waals surface area contributed by atoms with E-state index in [4.69, 9.17) is 0 Å². The second kappa shape index (κ2) is 9.06. The number of thiophene rings is 1. The maximum Gasteiger partial charge on any atom is 0.252 e. The Morgan fingerprint density at radius 1 is 1.17 bits per heavy atom. The SMILES string of the molecule is Cc1ccccc1C(=O)NC1CCN(C(=O)CN(C)S(=O)(=O)c2cccs2)CC1. The van der Waals surface area contributed by atoms with Crippen LogP contribution in [0.4, 0.5) is 0 Å². The van der Waals surface area contributed by atoms with Gasteiger partial charge in [0.2, 0.25) is 5.91 Å². The number of rotatable bonds is 6. The van der Waals surface area contributed by atoms with Crippen LogP contribution >= 0.6 is 11.3 Å². The van der Waals surface area contributed by atoms with E-state index in [9.17, 15) is 18.0 Å². The zero-order valence-corrected chi connectivity index (χ0v) is 18.1. The third-order valence-electron chi connectivity index (χ3n) is 5.09. The number of amides is 2. The highest BCUT2D eigenvalue weighted by Gasteiger charge is 2.28. The van der Waals surface area contributed by atoms with Crippen molar-refractivity contribution < 1.29 is 18.0 Å². The molecule has 1 aromatic heterocycles. The fraction of sp³-hybridized carbons (Fsp3) is 0.400. The second-order valence-electron chi connectivity index (χ2n) is 7.14. The van der Waals surface area contributed by atoms with Crippen LogP contribution in [0.3, 0.4) is 0 Å². The lowest BCUT2D eigenvalue weighted by Gasteiger charge is -2.33. The van der Waals surface area contributed by atoms with Crippen LogP contribution in [-0.4, -0.2) is 62.2 Å². The number of aryl methyl sites for hydroxylation is 1. The normalized spacial score (nSPS) is 15.5. The minimum Gasteiger partial charge on any atom is -0.349 e. The third-order valence-corrected chi connectivity index (χ3v) is 8.27. The molecular weight excluding hydrogens is 410 g/mol. The summed E-state index contributed by atoms with van der Waals surface area (Å²) in [6.07, 6.45) is 1.29. The van der Waals surface area contributed by atoms with Crippen molar-refractivity contribution >= 4 is 33.2 Å². The summed E-state index contributed by atoms with van der Waals surface area (Å²) in [5, 5.41) is 4.73. The minimum absolute atomic E-state index is 0.00117. The van der Waals surface area contributed by atoms with Gasteiger partial charge in [-0.3, -0.25) is 9.59 Å². The summed E-state index contributed by atoms with van der Waals surface area (Å²) in [5.74, 6) is -0.328. The van der Waals surface area contributed by atoms with Gasteiger partial charge in [0, 0.05) is 31.7 Å². The fourth-order valence-electron chi connectivity index (χ4n) is 3.30. The molecule has 156 valence electrons. The Labute approximate surface area is 175 Å². The van der Waals surface area contributed by atoms with Gasteiger partial charge in [0.05, 0.1) is 6.54 Å². The van der Waals surface area contributed by atoms with Crippen LogP contribution in [0.25, 0.3) is 0 Å². The summed E-state index contributed by atoms with van der Waals surface area (Å²) in [6.45, 7) is 2.69. The van der Waals surface area contributed by atoms with Gasteiger partial charge in [-0.1, -0.05) is 24.3 Å². The molecule has 0 radical (unpaired) electrons. The summed E-state index contributed by atoms with van der Waals surface area (Å²) in [6, 6.07) is 10.6. The van der Waals surface area contributed by atoms with E-state index in [1.165, 1.54) is 13.1 Å². The van der Waals surface area contributed by atoms with Crippen LogP contribution in [0.5, 0.6) is 0 Å². The average molecular weight is 436 g/mol. The Balaban J connectivity index is 1.51. The topological polar surface area (TPSA) is 86.8 Å². The van der Waals surface area contributed by atoms with Crippen molar-refractivity contribution in [2.75, 3.05) is 26.7 Å². The molecule has 2 heterocycles. The maximum absolute atomic E-state index is 12.6. The number of piperidine rings is 1. The van der Waals surface area contributed by atoms with Gasteiger partial charge in [-0.2, -0.15) is 4.31 Å². The van der Waals surface area contributed by atoms with Crippen LogP contribution in [0.1, 0.15) is 28.8 Å². The Morgan fingerprint density at radius 2 is 1.86 bits per heavy atom. The molecule has 2 amide bonds. The van der Waals surface area contributed by atoms with Crippen molar-refractivity contribution in [2.45, 2.75) is 30.0 Å². The van der Waals surface area contributed by atoms with Crippen molar-refractivity contribution in [1.82, 2.24) is 14.5 Å². The lowest BCUT2D eigenvalue weighted by Crippen LogP contribution is -2.49. The molecule has 7 nitrogen and oxygen atoms in total. The summed E-state index contributed by atoms with van der Waals surface area (Å²) in [7, 11) is -2.22. The fourth-order valence-corrected chi connectivity index (χ4v) is 5.62. The molecule has 0 spiro atoms. The van der Waals surface area contributed by atoms with Gasteiger partial charge in [0.1, 0.15) is 4.21 Å². The van der Waals surface area contributed by atoms with E-state index in [-0.39, 0.29) is 28.6 Å². The molecule has 29 heavy (non-hydrogen) atoms. The van der Waals surface area contributed by atoms with Crippen LogP contribution in [0.2, 0.25) is 0 Å². The molecule has 1 aliphatic heterocycles. The number of nitrogens with one attached hydrogen (secondary N) is 1. The van der Waals surface area contributed by atoms with Crippen molar-refractivity contribution in [2.24, 2.45) is 0 Å². The van der Waals surface area contributed by atoms with E-state index in [1.807, 2.05) is 25.1 Å². The number of likely N-dealkylation sites (tertiary alicyclic amines) is 1. The summed E-state index contributed by atoms with van der Waals surface area (Å²) in [5.41, 5.74) is 1.58. The number of nitrogens with zero attached hydrogens (tertiary/aromatic N) is 2. The predicted molar refractivity (Wildman–Crippen MR) is 112 cm³/mol. The molecule has 0 atom stereocenters. The zero-order valence-electron chi connectivity index (χ0n) is 16.5. The number of sulfonamides is 1. The van der Waals surface area contributed by atoms with Gasteiger partial charge in [0.25, 0.3) is 15.9 Å². The molecule has 0 aliphatic carbocycles. The van der Waals surface area contributed by atoms with E-state index in [0.717, 1.165) is 21.2 Å². The maximum atomic E-state index is 12.6.